The quantitative estimate of drug-likeness (QED) is 0.384. The van der Waals surface area contributed by atoms with Crippen LogP contribution in [0.15, 0.2) is 67.0 Å². The zero-order valence-electron chi connectivity index (χ0n) is 20.9. The Balaban J connectivity index is 1.25. The molecule has 37 heavy (non-hydrogen) atoms. The average molecular weight is 494 g/mol. The summed E-state index contributed by atoms with van der Waals surface area (Å²) in [5.74, 6) is 1.70. The van der Waals surface area contributed by atoms with Crippen molar-refractivity contribution >= 4 is 27.8 Å². The topological polar surface area (TPSA) is 75.1 Å². The van der Waals surface area contributed by atoms with Gasteiger partial charge in [0.15, 0.2) is 11.5 Å². The van der Waals surface area contributed by atoms with Gasteiger partial charge in [-0.25, -0.2) is 14.6 Å². The molecular weight excluding hydrogens is 462 g/mol. The second kappa shape index (κ2) is 9.61. The molecule has 5 heterocycles. The number of aromatic amines is 1. The maximum Gasteiger partial charge on any atom is 0.166 e. The number of hydrogen-bond donors (Lipinski definition) is 1. The first-order chi connectivity index (χ1) is 18.3. The van der Waals surface area contributed by atoms with Gasteiger partial charge in [-0.3, -0.25) is 4.90 Å². The van der Waals surface area contributed by atoms with E-state index in [4.69, 9.17) is 19.8 Å². The summed E-state index contributed by atoms with van der Waals surface area (Å²) in [6.07, 6.45) is 6.06. The van der Waals surface area contributed by atoms with Crippen LogP contribution < -0.4 is 4.90 Å². The summed E-state index contributed by atoms with van der Waals surface area (Å²) in [4.78, 5) is 18.5. The molecule has 0 radical (unpaired) electrons. The molecule has 188 valence electrons. The summed E-state index contributed by atoms with van der Waals surface area (Å²) in [6.45, 7) is 6.17. The monoisotopic (exact) mass is 493 g/mol. The predicted molar refractivity (Wildman–Crippen MR) is 146 cm³/mol. The van der Waals surface area contributed by atoms with E-state index in [-0.39, 0.29) is 0 Å². The smallest absolute Gasteiger partial charge is 0.166 e. The van der Waals surface area contributed by atoms with E-state index >= 15 is 0 Å². The molecule has 0 aliphatic carbocycles. The SMILES string of the molecule is c1ccc(CN2CCC(n3ncc4c(N5CCOCC5)nc(-c5cccc6cc[nH]c56)nc43)CC2)cc1. The molecule has 2 saturated heterocycles. The first-order valence-electron chi connectivity index (χ1n) is 13.2. The van der Waals surface area contributed by atoms with Gasteiger partial charge >= 0.3 is 0 Å². The van der Waals surface area contributed by atoms with Crippen LogP contribution in [-0.4, -0.2) is 69.0 Å². The standard InChI is InChI=1S/C29H31N7O/c1-2-5-21(6-3-1)20-34-13-10-23(11-14-34)36-29-25(19-31-36)28(35-15-17-37-18-16-35)32-27(33-29)24-8-4-7-22-9-12-30-26(22)24/h1-9,12,19,23,30H,10-11,13-18,20H2. The number of benzene rings is 2. The normalized spacial score (nSPS) is 17.7. The Morgan fingerprint density at radius 1 is 0.892 bits per heavy atom. The summed E-state index contributed by atoms with van der Waals surface area (Å²) in [5, 5.41) is 7.09. The number of rotatable bonds is 5. The molecule has 5 aromatic rings. The van der Waals surface area contributed by atoms with Crippen LogP contribution in [0.5, 0.6) is 0 Å². The number of hydrogen-bond acceptors (Lipinski definition) is 6. The molecule has 1 N–H and O–H groups in total. The van der Waals surface area contributed by atoms with Crippen LogP contribution in [-0.2, 0) is 11.3 Å². The predicted octanol–water partition coefficient (Wildman–Crippen LogP) is 4.65. The van der Waals surface area contributed by atoms with E-state index in [0.717, 1.165) is 84.7 Å². The lowest BCUT2D eigenvalue weighted by Gasteiger charge is -2.32. The average Bonchev–Trinajstić information content (AvgIpc) is 3.61. The highest BCUT2D eigenvalue weighted by molar-refractivity contribution is 5.95. The van der Waals surface area contributed by atoms with E-state index in [2.05, 4.69) is 74.1 Å². The van der Waals surface area contributed by atoms with Gasteiger partial charge in [-0.15, -0.1) is 0 Å². The van der Waals surface area contributed by atoms with Gasteiger partial charge in [0.25, 0.3) is 0 Å². The fraction of sp³-hybridized carbons (Fsp3) is 0.345. The maximum absolute atomic E-state index is 5.63. The molecule has 0 bridgehead atoms. The fourth-order valence-corrected chi connectivity index (χ4v) is 5.75. The molecule has 3 aromatic heterocycles. The van der Waals surface area contributed by atoms with E-state index in [1.807, 2.05) is 12.4 Å². The molecule has 7 rings (SSSR count). The highest BCUT2D eigenvalue weighted by Gasteiger charge is 2.26. The number of morpholine rings is 1. The number of ether oxygens (including phenoxy) is 1. The lowest BCUT2D eigenvalue weighted by atomic mass is 10.0. The van der Waals surface area contributed by atoms with Crippen LogP contribution in [0.4, 0.5) is 5.82 Å². The van der Waals surface area contributed by atoms with Gasteiger partial charge in [-0.2, -0.15) is 5.10 Å². The van der Waals surface area contributed by atoms with Crippen LogP contribution >= 0.6 is 0 Å². The molecule has 2 aromatic carbocycles. The Morgan fingerprint density at radius 2 is 1.73 bits per heavy atom. The third-order valence-corrected chi connectivity index (χ3v) is 7.72. The van der Waals surface area contributed by atoms with E-state index in [9.17, 15) is 0 Å². The zero-order chi connectivity index (χ0) is 24.6. The molecule has 0 spiro atoms. The summed E-state index contributed by atoms with van der Waals surface area (Å²) in [6, 6.07) is 19.5. The van der Waals surface area contributed by atoms with Crippen LogP contribution in [0.2, 0.25) is 0 Å². The van der Waals surface area contributed by atoms with E-state index in [1.165, 1.54) is 5.56 Å². The van der Waals surface area contributed by atoms with Gasteiger partial charge < -0.3 is 14.6 Å². The Labute approximate surface area is 215 Å². The number of para-hydroxylation sites is 1. The highest BCUT2D eigenvalue weighted by Crippen LogP contribution is 2.34. The molecule has 2 fully saturated rings. The molecule has 2 aliphatic heterocycles. The van der Waals surface area contributed by atoms with Crippen LogP contribution in [0.25, 0.3) is 33.3 Å². The minimum absolute atomic E-state index is 0.325. The number of aromatic nitrogens is 5. The van der Waals surface area contributed by atoms with Gasteiger partial charge in [0, 0.05) is 49.9 Å². The highest BCUT2D eigenvalue weighted by atomic mass is 16.5. The Bertz CT molecular complexity index is 1510. The largest absolute Gasteiger partial charge is 0.378 e. The summed E-state index contributed by atoms with van der Waals surface area (Å²) >= 11 is 0. The minimum Gasteiger partial charge on any atom is -0.378 e. The van der Waals surface area contributed by atoms with Crippen molar-refractivity contribution in [2.24, 2.45) is 0 Å². The van der Waals surface area contributed by atoms with Crippen molar-refractivity contribution < 1.29 is 4.74 Å². The molecule has 2 aliphatic rings. The first kappa shape index (κ1) is 22.4. The van der Waals surface area contributed by atoms with Crippen molar-refractivity contribution in [2.45, 2.75) is 25.4 Å². The van der Waals surface area contributed by atoms with Crippen molar-refractivity contribution in [1.29, 1.82) is 0 Å². The summed E-state index contributed by atoms with van der Waals surface area (Å²) < 4.78 is 7.80. The Morgan fingerprint density at radius 3 is 2.57 bits per heavy atom. The van der Waals surface area contributed by atoms with Gasteiger partial charge in [0.1, 0.15) is 5.82 Å². The summed E-state index contributed by atoms with van der Waals surface area (Å²) in [7, 11) is 0. The number of nitrogens with zero attached hydrogens (tertiary/aromatic N) is 6. The molecule has 0 unspecified atom stereocenters. The molecule has 0 amide bonds. The number of H-pyrrole nitrogens is 1. The lowest BCUT2D eigenvalue weighted by molar-refractivity contribution is 0.122. The number of piperidine rings is 1. The number of nitrogens with one attached hydrogen (secondary N) is 1. The van der Waals surface area contributed by atoms with Gasteiger partial charge in [0.2, 0.25) is 0 Å². The number of anilines is 1. The van der Waals surface area contributed by atoms with Crippen molar-refractivity contribution in [1.82, 2.24) is 29.6 Å². The molecule has 8 heteroatoms. The number of fused-ring (bicyclic) bond motifs is 2. The number of likely N-dealkylation sites (tertiary alicyclic amines) is 1. The Hall–Kier alpha value is -3.75. The van der Waals surface area contributed by atoms with Crippen LogP contribution in [0, 0.1) is 0 Å². The van der Waals surface area contributed by atoms with E-state index in [1.54, 1.807) is 0 Å². The van der Waals surface area contributed by atoms with Crippen molar-refractivity contribution in [3.05, 3.63) is 72.6 Å². The van der Waals surface area contributed by atoms with Crippen LogP contribution in [0.1, 0.15) is 24.4 Å². The van der Waals surface area contributed by atoms with Crippen molar-refractivity contribution in [3.8, 4) is 11.4 Å². The van der Waals surface area contributed by atoms with Crippen LogP contribution in [0.3, 0.4) is 0 Å². The van der Waals surface area contributed by atoms with Gasteiger partial charge in [-0.1, -0.05) is 42.5 Å². The van der Waals surface area contributed by atoms with Crippen molar-refractivity contribution in [2.75, 3.05) is 44.3 Å². The molecule has 0 atom stereocenters. The second-order valence-electron chi connectivity index (χ2n) is 10.0. The maximum atomic E-state index is 5.63. The van der Waals surface area contributed by atoms with Crippen molar-refractivity contribution in [3.63, 3.8) is 0 Å². The van der Waals surface area contributed by atoms with Gasteiger partial charge in [-0.05, 0) is 30.5 Å². The van der Waals surface area contributed by atoms with Gasteiger partial charge in [0.05, 0.1) is 36.4 Å². The third-order valence-electron chi connectivity index (χ3n) is 7.72. The third kappa shape index (κ3) is 4.26. The summed E-state index contributed by atoms with van der Waals surface area (Å²) in [5.41, 5.74) is 4.38. The van der Waals surface area contributed by atoms with E-state index in [0.29, 0.717) is 19.3 Å². The molecule has 0 saturated carbocycles. The minimum atomic E-state index is 0.325. The lowest BCUT2D eigenvalue weighted by Crippen LogP contribution is -2.37. The zero-order valence-corrected chi connectivity index (χ0v) is 20.9. The molecule has 8 nitrogen and oxygen atoms in total. The Kier molecular flexibility index (Phi) is 5.83. The van der Waals surface area contributed by atoms with E-state index < -0.39 is 0 Å². The fourth-order valence-electron chi connectivity index (χ4n) is 5.75. The second-order valence-corrected chi connectivity index (χ2v) is 10.0. The molecular formula is C29H31N7O. The first-order valence-corrected chi connectivity index (χ1v) is 13.2.